The lowest BCUT2D eigenvalue weighted by molar-refractivity contribution is 0.0920. The Balaban J connectivity index is 2.04. The Bertz CT molecular complexity index is 1150. The minimum absolute atomic E-state index is 0.0307. The van der Waals surface area contributed by atoms with E-state index in [2.05, 4.69) is 10.4 Å². The summed E-state index contributed by atoms with van der Waals surface area (Å²) >= 11 is 0. The second-order valence-corrected chi connectivity index (χ2v) is 6.26. The maximum Gasteiger partial charge on any atom is 0.301 e. The van der Waals surface area contributed by atoms with Crippen LogP contribution in [0, 0.1) is 0 Å². The van der Waals surface area contributed by atoms with Crippen LogP contribution in [-0.4, -0.2) is 16.7 Å². The number of ketones is 1. The van der Waals surface area contributed by atoms with E-state index in [9.17, 15) is 9.59 Å². The third kappa shape index (κ3) is 3.44. The highest BCUT2D eigenvalue weighted by Gasteiger charge is 2.30. The molecule has 1 amide bonds. The molecule has 142 valence electrons. The molecular formula is C23H17N3O3. The van der Waals surface area contributed by atoms with E-state index >= 15 is 0 Å². The van der Waals surface area contributed by atoms with Crippen molar-refractivity contribution in [3.63, 3.8) is 0 Å². The molecule has 3 N–H and O–H groups in total. The standard InChI is InChI=1S/C23H17N3O3/c24-26-23(28)22-19(16-11-5-2-6-12-16)18(15-9-3-1-4-10-15)21(29-22)20(27)17-13-7-8-14-25-17/h1-14H,24H2,(H,26,28). The molecule has 0 radical (unpaired) electrons. The number of nitrogens with one attached hydrogen (secondary N) is 1. The van der Waals surface area contributed by atoms with Gasteiger partial charge in [0.1, 0.15) is 5.69 Å². The predicted molar refractivity (Wildman–Crippen MR) is 109 cm³/mol. The molecule has 2 aromatic carbocycles. The quantitative estimate of drug-likeness (QED) is 0.236. The van der Waals surface area contributed by atoms with Gasteiger partial charge in [0.25, 0.3) is 0 Å². The van der Waals surface area contributed by atoms with Gasteiger partial charge in [-0.1, -0.05) is 66.7 Å². The normalized spacial score (nSPS) is 10.5. The molecule has 2 aromatic heterocycles. The van der Waals surface area contributed by atoms with Gasteiger partial charge in [-0.2, -0.15) is 0 Å². The van der Waals surface area contributed by atoms with Crippen LogP contribution in [0.1, 0.15) is 26.8 Å². The summed E-state index contributed by atoms with van der Waals surface area (Å²) in [7, 11) is 0. The van der Waals surface area contributed by atoms with Gasteiger partial charge in [0, 0.05) is 17.3 Å². The number of hydrogen-bond acceptors (Lipinski definition) is 5. The van der Waals surface area contributed by atoms with E-state index in [1.54, 1.807) is 18.2 Å². The number of pyridine rings is 1. The summed E-state index contributed by atoms with van der Waals surface area (Å²) in [4.78, 5) is 29.9. The summed E-state index contributed by atoms with van der Waals surface area (Å²) in [6.07, 6.45) is 1.53. The molecular weight excluding hydrogens is 366 g/mol. The molecule has 4 aromatic rings. The Labute approximate surface area is 167 Å². The Kier molecular flexibility index (Phi) is 5.01. The van der Waals surface area contributed by atoms with Gasteiger partial charge in [-0.05, 0) is 23.3 Å². The number of aromatic nitrogens is 1. The SMILES string of the molecule is NNC(=O)c1oc(C(=O)c2ccccn2)c(-c2ccccc2)c1-c1ccccc1. The Morgan fingerprint density at radius 1 is 0.759 bits per heavy atom. The first-order valence-electron chi connectivity index (χ1n) is 8.95. The molecule has 0 saturated heterocycles. The zero-order valence-electron chi connectivity index (χ0n) is 15.3. The largest absolute Gasteiger partial charge is 0.446 e. The fourth-order valence-electron chi connectivity index (χ4n) is 3.19. The molecule has 4 rings (SSSR count). The van der Waals surface area contributed by atoms with Crippen LogP contribution >= 0.6 is 0 Å². The van der Waals surface area contributed by atoms with E-state index in [0.717, 1.165) is 11.1 Å². The minimum atomic E-state index is -0.624. The van der Waals surface area contributed by atoms with Crippen molar-refractivity contribution in [1.29, 1.82) is 0 Å². The second-order valence-electron chi connectivity index (χ2n) is 6.26. The van der Waals surface area contributed by atoms with Gasteiger partial charge in [-0.3, -0.25) is 20.0 Å². The van der Waals surface area contributed by atoms with Crippen molar-refractivity contribution in [1.82, 2.24) is 10.4 Å². The van der Waals surface area contributed by atoms with Gasteiger partial charge in [0.05, 0.1) is 0 Å². The molecule has 0 aliphatic carbocycles. The lowest BCUT2D eigenvalue weighted by Gasteiger charge is -2.07. The number of carbonyl (C=O) groups excluding carboxylic acids is 2. The van der Waals surface area contributed by atoms with E-state index in [0.29, 0.717) is 11.1 Å². The highest BCUT2D eigenvalue weighted by Crippen LogP contribution is 2.40. The number of carbonyl (C=O) groups is 2. The molecule has 0 unspecified atom stereocenters. The van der Waals surface area contributed by atoms with Crippen LogP contribution in [0.4, 0.5) is 0 Å². The molecule has 2 heterocycles. The van der Waals surface area contributed by atoms with Crippen molar-refractivity contribution in [2.75, 3.05) is 0 Å². The van der Waals surface area contributed by atoms with Gasteiger partial charge >= 0.3 is 5.91 Å². The fraction of sp³-hybridized carbons (Fsp3) is 0. The number of furan rings is 1. The second kappa shape index (κ2) is 7.92. The number of nitrogen functional groups attached to an aromatic ring is 1. The number of nitrogens with zero attached hydrogens (tertiary/aromatic N) is 1. The number of benzene rings is 2. The number of rotatable bonds is 5. The third-order valence-corrected chi connectivity index (χ3v) is 4.47. The number of amides is 1. The van der Waals surface area contributed by atoms with E-state index in [4.69, 9.17) is 10.3 Å². The van der Waals surface area contributed by atoms with Gasteiger partial charge in [0.2, 0.25) is 11.5 Å². The molecule has 0 bridgehead atoms. The summed E-state index contributed by atoms with van der Waals surface area (Å²) in [6, 6.07) is 23.6. The lowest BCUT2D eigenvalue weighted by atomic mass is 9.93. The highest BCUT2D eigenvalue weighted by atomic mass is 16.4. The summed E-state index contributed by atoms with van der Waals surface area (Å²) in [6.45, 7) is 0. The maximum absolute atomic E-state index is 13.2. The number of hydrazine groups is 1. The molecule has 0 fully saturated rings. The topological polar surface area (TPSA) is 98.2 Å². The fourth-order valence-corrected chi connectivity index (χ4v) is 3.19. The van der Waals surface area contributed by atoms with Gasteiger partial charge in [-0.25, -0.2) is 5.84 Å². The molecule has 29 heavy (non-hydrogen) atoms. The van der Waals surface area contributed by atoms with E-state index in [1.165, 1.54) is 6.20 Å². The van der Waals surface area contributed by atoms with Crippen molar-refractivity contribution in [2.45, 2.75) is 0 Å². The average Bonchev–Trinajstić information content (AvgIpc) is 3.20. The van der Waals surface area contributed by atoms with Crippen LogP contribution in [-0.2, 0) is 0 Å². The van der Waals surface area contributed by atoms with Gasteiger partial charge in [0.15, 0.2) is 5.76 Å². The van der Waals surface area contributed by atoms with Crippen molar-refractivity contribution in [3.05, 3.63) is 102 Å². The lowest BCUT2D eigenvalue weighted by Crippen LogP contribution is -2.30. The molecule has 6 heteroatoms. The Hall–Kier alpha value is -4.03. The van der Waals surface area contributed by atoms with Crippen molar-refractivity contribution >= 4 is 11.7 Å². The molecule has 0 atom stereocenters. The van der Waals surface area contributed by atoms with E-state index in [1.807, 2.05) is 60.7 Å². The summed E-state index contributed by atoms with van der Waals surface area (Å²) in [5.41, 5.74) is 4.81. The van der Waals surface area contributed by atoms with Crippen LogP contribution in [0.3, 0.4) is 0 Å². The van der Waals surface area contributed by atoms with Crippen LogP contribution in [0.25, 0.3) is 22.3 Å². The zero-order chi connectivity index (χ0) is 20.2. The first-order chi connectivity index (χ1) is 14.2. The van der Waals surface area contributed by atoms with Crippen molar-refractivity contribution in [3.8, 4) is 22.3 Å². The number of nitrogens with two attached hydrogens (primary N) is 1. The summed E-state index contributed by atoms with van der Waals surface area (Å²) in [5.74, 6) is 4.34. The van der Waals surface area contributed by atoms with Crippen molar-refractivity contribution in [2.24, 2.45) is 5.84 Å². The summed E-state index contributed by atoms with van der Waals surface area (Å²) < 4.78 is 5.84. The molecule has 0 saturated carbocycles. The van der Waals surface area contributed by atoms with Crippen LogP contribution < -0.4 is 11.3 Å². The predicted octanol–water partition coefficient (Wildman–Crippen LogP) is 3.84. The first kappa shape index (κ1) is 18.3. The van der Waals surface area contributed by atoms with Crippen molar-refractivity contribution < 1.29 is 14.0 Å². The Morgan fingerprint density at radius 2 is 1.31 bits per heavy atom. The molecule has 0 aliphatic rings. The maximum atomic E-state index is 13.2. The zero-order valence-corrected chi connectivity index (χ0v) is 15.3. The van der Waals surface area contributed by atoms with E-state index in [-0.39, 0.29) is 17.2 Å². The van der Waals surface area contributed by atoms with Gasteiger partial charge < -0.3 is 4.42 Å². The molecule has 6 nitrogen and oxygen atoms in total. The number of hydrogen-bond donors (Lipinski definition) is 2. The minimum Gasteiger partial charge on any atom is -0.446 e. The van der Waals surface area contributed by atoms with Crippen LogP contribution in [0.5, 0.6) is 0 Å². The monoisotopic (exact) mass is 383 g/mol. The first-order valence-corrected chi connectivity index (χ1v) is 8.95. The summed E-state index contributed by atoms with van der Waals surface area (Å²) in [5, 5.41) is 0. The Morgan fingerprint density at radius 3 is 1.83 bits per heavy atom. The third-order valence-electron chi connectivity index (χ3n) is 4.47. The average molecular weight is 383 g/mol. The van der Waals surface area contributed by atoms with Crippen LogP contribution in [0.2, 0.25) is 0 Å². The molecule has 0 aliphatic heterocycles. The smallest absolute Gasteiger partial charge is 0.301 e. The van der Waals surface area contributed by atoms with E-state index < -0.39 is 11.7 Å². The molecule has 0 spiro atoms. The van der Waals surface area contributed by atoms with Crippen LogP contribution in [0.15, 0.2) is 89.5 Å². The van der Waals surface area contributed by atoms with Gasteiger partial charge in [-0.15, -0.1) is 0 Å². The highest BCUT2D eigenvalue weighted by molar-refractivity contribution is 6.14.